The van der Waals surface area contributed by atoms with Crippen LogP contribution in [0, 0.1) is 5.92 Å². The van der Waals surface area contributed by atoms with Crippen molar-refractivity contribution in [3.05, 3.63) is 29.8 Å². The second kappa shape index (κ2) is 4.93. The number of nitrogens with one attached hydrogen (secondary N) is 1. The molecule has 0 aliphatic heterocycles. The average molecular weight is 244 g/mol. The maximum atomic E-state index is 5.75. The Balaban J connectivity index is 1.44. The van der Waals surface area contributed by atoms with Crippen LogP contribution in [0.4, 0.5) is 5.69 Å². The maximum Gasteiger partial charge on any atom is 0.0314 e. The molecule has 1 aromatic rings. The van der Waals surface area contributed by atoms with Crippen molar-refractivity contribution < 1.29 is 0 Å². The number of anilines is 1. The predicted octanol–water partition coefficient (Wildman–Crippen LogP) is 3.08. The van der Waals surface area contributed by atoms with Crippen LogP contribution >= 0.6 is 0 Å². The van der Waals surface area contributed by atoms with Gasteiger partial charge >= 0.3 is 0 Å². The van der Waals surface area contributed by atoms with Gasteiger partial charge in [0.15, 0.2) is 0 Å². The molecule has 2 saturated carbocycles. The van der Waals surface area contributed by atoms with Gasteiger partial charge in [-0.3, -0.25) is 0 Å². The molecule has 0 saturated heterocycles. The van der Waals surface area contributed by atoms with Gasteiger partial charge in [0, 0.05) is 17.6 Å². The first-order valence-corrected chi connectivity index (χ1v) is 7.35. The molecule has 2 aliphatic rings. The molecule has 1 aromatic carbocycles. The Bertz CT molecular complexity index is 388. The monoisotopic (exact) mass is 244 g/mol. The van der Waals surface area contributed by atoms with E-state index in [-0.39, 0.29) is 0 Å². The highest BCUT2D eigenvalue weighted by Gasteiger charge is 2.43. The zero-order chi connectivity index (χ0) is 12.4. The van der Waals surface area contributed by atoms with Gasteiger partial charge in [0.05, 0.1) is 0 Å². The summed E-state index contributed by atoms with van der Waals surface area (Å²) < 4.78 is 0. The van der Waals surface area contributed by atoms with Crippen molar-refractivity contribution in [2.75, 3.05) is 18.8 Å². The molecule has 0 bridgehead atoms. The van der Waals surface area contributed by atoms with Crippen molar-refractivity contribution in [1.29, 1.82) is 0 Å². The van der Waals surface area contributed by atoms with Crippen molar-refractivity contribution in [3.63, 3.8) is 0 Å². The number of rotatable bonds is 7. The molecule has 3 rings (SSSR count). The Labute approximate surface area is 110 Å². The van der Waals surface area contributed by atoms with E-state index in [2.05, 4.69) is 17.4 Å². The molecule has 3 N–H and O–H groups in total. The highest BCUT2D eigenvalue weighted by atomic mass is 14.9. The Morgan fingerprint density at radius 2 is 1.89 bits per heavy atom. The van der Waals surface area contributed by atoms with Crippen LogP contribution in [0.3, 0.4) is 0 Å². The summed E-state index contributed by atoms with van der Waals surface area (Å²) in [5.41, 5.74) is 8.50. The van der Waals surface area contributed by atoms with Gasteiger partial charge in [0.25, 0.3) is 0 Å². The molecule has 2 fully saturated rings. The first kappa shape index (κ1) is 12.0. The Morgan fingerprint density at radius 3 is 2.50 bits per heavy atom. The maximum absolute atomic E-state index is 5.75. The number of benzene rings is 1. The van der Waals surface area contributed by atoms with Gasteiger partial charge < -0.3 is 11.1 Å². The lowest BCUT2D eigenvalue weighted by molar-refractivity contribution is 0.541. The number of nitrogen functional groups attached to an aromatic ring is 1. The largest absolute Gasteiger partial charge is 0.399 e. The quantitative estimate of drug-likeness (QED) is 0.571. The van der Waals surface area contributed by atoms with Crippen LogP contribution in [0.5, 0.6) is 0 Å². The second-order valence-electron chi connectivity index (χ2n) is 6.16. The van der Waals surface area contributed by atoms with E-state index in [0.29, 0.717) is 5.41 Å². The summed E-state index contributed by atoms with van der Waals surface area (Å²) >= 11 is 0. The fourth-order valence-electron chi connectivity index (χ4n) is 2.81. The van der Waals surface area contributed by atoms with Gasteiger partial charge in [-0.1, -0.05) is 25.0 Å². The van der Waals surface area contributed by atoms with Gasteiger partial charge in [-0.05, 0) is 55.8 Å². The third kappa shape index (κ3) is 2.86. The van der Waals surface area contributed by atoms with Crippen molar-refractivity contribution in [2.24, 2.45) is 5.92 Å². The molecule has 0 spiro atoms. The SMILES string of the molecule is Nc1ccc(C2(CNCCCC3CC3)CC2)cc1. The van der Waals surface area contributed by atoms with E-state index >= 15 is 0 Å². The van der Waals surface area contributed by atoms with Crippen LogP contribution in [0.25, 0.3) is 0 Å². The second-order valence-corrected chi connectivity index (χ2v) is 6.16. The molecule has 0 unspecified atom stereocenters. The molecule has 0 atom stereocenters. The van der Waals surface area contributed by atoms with Gasteiger partial charge in [-0.25, -0.2) is 0 Å². The van der Waals surface area contributed by atoms with Crippen LogP contribution in [0.2, 0.25) is 0 Å². The highest BCUT2D eigenvalue weighted by Crippen LogP contribution is 2.47. The zero-order valence-corrected chi connectivity index (χ0v) is 11.1. The lowest BCUT2D eigenvalue weighted by atomic mass is 9.95. The number of hydrogen-bond donors (Lipinski definition) is 2. The van der Waals surface area contributed by atoms with Gasteiger partial charge in [0.2, 0.25) is 0 Å². The number of nitrogens with two attached hydrogens (primary N) is 1. The molecular weight excluding hydrogens is 220 g/mol. The van der Waals surface area contributed by atoms with E-state index in [1.54, 1.807) is 0 Å². The van der Waals surface area contributed by atoms with Crippen molar-refractivity contribution in [3.8, 4) is 0 Å². The molecule has 0 radical (unpaired) electrons. The summed E-state index contributed by atoms with van der Waals surface area (Å²) in [6, 6.07) is 8.47. The summed E-state index contributed by atoms with van der Waals surface area (Å²) in [6.07, 6.45) is 8.40. The Hall–Kier alpha value is -1.02. The van der Waals surface area contributed by atoms with E-state index < -0.39 is 0 Å². The van der Waals surface area contributed by atoms with Crippen molar-refractivity contribution in [1.82, 2.24) is 5.32 Å². The smallest absolute Gasteiger partial charge is 0.0314 e. The molecule has 2 heteroatoms. The molecule has 0 aromatic heterocycles. The van der Waals surface area contributed by atoms with E-state index in [9.17, 15) is 0 Å². The number of hydrogen-bond acceptors (Lipinski definition) is 2. The van der Waals surface area contributed by atoms with E-state index in [4.69, 9.17) is 5.73 Å². The minimum Gasteiger partial charge on any atom is -0.399 e. The van der Waals surface area contributed by atoms with Crippen LogP contribution in [0.15, 0.2) is 24.3 Å². The van der Waals surface area contributed by atoms with Gasteiger partial charge in [-0.2, -0.15) is 0 Å². The van der Waals surface area contributed by atoms with Crippen LogP contribution in [0.1, 0.15) is 44.1 Å². The van der Waals surface area contributed by atoms with Gasteiger partial charge in [-0.15, -0.1) is 0 Å². The van der Waals surface area contributed by atoms with E-state index in [1.807, 2.05) is 12.1 Å². The standard InChI is InChI=1S/C16H24N2/c17-15-7-5-14(6-8-15)16(9-10-16)12-18-11-1-2-13-3-4-13/h5-8,13,18H,1-4,9-12,17H2. The fraction of sp³-hybridized carbons (Fsp3) is 0.625. The summed E-state index contributed by atoms with van der Waals surface area (Å²) in [5.74, 6) is 1.07. The zero-order valence-electron chi connectivity index (χ0n) is 11.1. The molecular formula is C16H24N2. The summed E-state index contributed by atoms with van der Waals surface area (Å²) in [5, 5.41) is 3.65. The first-order chi connectivity index (χ1) is 8.78. The average Bonchev–Trinajstić information content (AvgIpc) is 3.25. The third-order valence-electron chi connectivity index (χ3n) is 4.50. The molecule has 0 amide bonds. The third-order valence-corrected chi connectivity index (χ3v) is 4.50. The summed E-state index contributed by atoms with van der Waals surface area (Å²) in [4.78, 5) is 0. The normalized spacial score (nSPS) is 20.9. The van der Waals surface area contributed by atoms with Crippen LogP contribution in [-0.2, 0) is 5.41 Å². The Kier molecular flexibility index (Phi) is 3.29. The first-order valence-electron chi connectivity index (χ1n) is 7.35. The molecule has 0 heterocycles. The van der Waals surface area contributed by atoms with Crippen LogP contribution < -0.4 is 11.1 Å². The summed E-state index contributed by atoms with van der Waals surface area (Å²) in [7, 11) is 0. The van der Waals surface area contributed by atoms with E-state index in [1.165, 1.54) is 50.6 Å². The molecule has 2 nitrogen and oxygen atoms in total. The minimum atomic E-state index is 0.424. The van der Waals surface area contributed by atoms with Crippen molar-refractivity contribution >= 4 is 5.69 Å². The molecule has 2 aliphatic carbocycles. The Morgan fingerprint density at radius 1 is 1.17 bits per heavy atom. The van der Waals surface area contributed by atoms with Gasteiger partial charge in [0.1, 0.15) is 0 Å². The lowest BCUT2D eigenvalue weighted by Gasteiger charge is -2.17. The molecule has 98 valence electrons. The molecule has 18 heavy (non-hydrogen) atoms. The predicted molar refractivity (Wildman–Crippen MR) is 76.6 cm³/mol. The van der Waals surface area contributed by atoms with Crippen molar-refractivity contribution in [2.45, 2.75) is 43.9 Å². The van der Waals surface area contributed by atoms with E-state index in [0.717, 1.165) is 18.2 Å². The van der Waals surface area contributed by atoms with Crippen LogP contribution in [-0.4, -0.2) is 13.1 Å². The fourth-order valence-corrected chi connectivity index (χ4v) is 2.81. The topological polar surface area (TPSA) is 38.0 Å². The highest BCUT2D eigenvalue weighted by molar-refractivity contribution is 5.43. The summed E-state index contributed by atoms with van der Waals surface area (Å²) in [6.45, 7) is 2.33. The minimum absolute atomic E-state index is 0.424. The lowest BCUT2D eigenvalue weighted by Crippen LogP contribution is -2.27.